The van der Waals surface area contributed by atoms with Crippen LogP contribution in [-0.2, 0) is 4.74 Å². The number of allylic oxidation sites excluding steroid dienone is 4. The zero-order chi connectivity index (χ0) is 7.40. The van der Waals surface area contributed by atoms with Crippen molar-refractivity contribution in [1.29, 1.82) is 0 Å². The van der Waals surface area contributed by atoms with Crippen LogP contribution in [0.25, 0.3) is 0 Å². The SMILES string of the molecule is CN=C1CC=CC=C1OC. The van der Waals surface area contributed by atoms with Gasteiger partial charge in [0, 0.05) is 13.5 Å². The summed E-state index contributed by atoms with van der Waals surface area (Å²) >= 11 is 0. The maximum absolute atomic E-state index is 5.07. The Morgan fingerprint density at radius 1 is 1.60 bits per heavy atom. The predicted molar refractivity (Wildman–Crippen MR) is 42.2 cm³/mol. The molecule has 0 atom stereocenters. The van der Waals surface area contributed by atoms with Crippen molar-refractivity contribution in [1.82, 2.24) is 0 Å². The van der Waals surface area contributed by atoms with E-state index < -0.39 is 0 Å². The summed E-state index contributed by atoms with van der Waals surface area (Å²) in [6, 6.07) is 0. The van der Waals surface area contributed by atoms with Crippen molar-refractivity contribution in [3.63, 3.8) is 0 Å². The van der Waals surface area contributed by atoms with Crippen LogP contribution in [0.15, 0.2) is 29.0 Å². The molecule has 2 heteroatoms. The molecule has 1 aliphatic carbocycles. The van der Waals surface area contributed by atoms with Crippen molar-refractivity contribution < 1.29 is 4.74 Å². The van der Waals surface area contributed by atoms with Crippen LogP contribution in [-0.4, -0.2) is 19.9 Å². The maximum Gasteiger partial charge on any atom is 0.140 e. The smallest absolute Gasteiger partial charge is 0.140 e. The van der Waals surface area contributed by atoms with Gasteiger partial charge in [-0.05, 0) is 6.08 Å². The molecule has 0 radical (unpaired) electrons. The van der Waals surface area contributed by atoms with Gasteiger partial charge >= 0.3 is 0 Å². The molecule has 0 unspecified atom stereocenters. The molecule has 0 N–H and O–H groups in total. The van der Waals surface area contributed by atoms with E-state index in [0.717, 1.165) is 17.9 Å². The fourth-order valence-electron chi connectivity index (χ4n) is 0.919. The van der Waals surface area contributed by atoms with Crippen LogP contribution in [0.1, 0.15) is 6.42 Å². The summed E-state index contributed by atoms with van der Waals surface area (Å²) in [5, 5.41) is 0. The number of hydrogen-bond donors (Lipinski definition) is 0. The average Bonchev–Trinajstić information content (AvgIpc) is 2.04. The Labute approximate surface area is 60.9 Å². The Kier molecular flexibility index (Phi) is 2.26. The predicted octanol–water partition coefficient (Wildman–Crippen LogP) is 1.55. The van der Waals surface area contributed by atoms with Crippen molar-refractivity contribution in [3.05, 3.63) is 24.0 Å². The van der Waals surface area contributed by atoms with Crippen molar-refractivity contribution in [3.8, 4) is 0 Å². The summed E-state index contributed by atoms with van der Waals surface area (Å²) in [5.41, 5.74) is 1.02. The third kappa shape index (κ3) is 1.26. The number of hydrogen-bond acceptors (Lipinski definition) is 2. The minimum atomic E-state index is 0.880. The van der Waals surface area contributed by atoms with E-state index in [0.29, 0.717) is 0 Å². The number of methoxy groups -OCH3 is 1. The van der Waals surface area contributed by atoms with Gasteiger partial charge in [-0.25, -0.2) is 0 Å². The van der Waals surface area contributed by atoms with Crippen molar-refractivity contribution in [2.45, 2.75) is 6.42 Å². The zero-order valence-electron chi connectivity index (χ0n) is 6.29. The van der Waals surface area contributed by atoms with Crippen LogP contribution >= 0.6 is 0 Å². The van der Waals surface area contributed by atoms with Crippen molar-refractivity contribution >= 4 is 5.71 Å². The summed E-state index contributed by atoms with van der Waals surface area (Å²) in [4.78, 5) is 4.07. The first kappa shape index (κ1) is 7.06. The number of aliphatic imine (C=N–C) groups is 1. The highest BCUT2D eigenvalue weighted by Crippen LogP contribution is 2.09. The van der Waals surface area contributed by atoms with Crippen LogP contribution in [0.5, 0.6) is 0 Å². The van der Waals surface area contributed by atoms with Gasteiger partial charge in [0.05, 0.1) is 12.8 Å². The molecule has 0 heterocycles. The van der Waals surface area contributed by atoms with Crippen LogP contribution < -0.4 is 0 Å². The molecule has 0 bridgehead atoms. The molecule has 1 rings (SSSR count). The Hall–Kier alpha value is -1.05. The minimum Gasteiger partial charge on any atom is -0.495 e. The lowest BCUT2D eigenvalue weighted by Gasteiger charge is -2.09. The van der Waals surface area contributed by atoms with Crippen molar-refractivity contribution in [2.75, 3.05) is 14.2 Å². The summed E-state index contributed by atoms with van der Waals surface area (Å²) in [6.45, 7) is 0. The summed E-state index contributed by atoms with van der Waals surface area (Å²) in [5.74, 6) is 0.880. The van der Waals surface area contributed by atoms with Crippen LogP contribution in [0.4, 0.5) is 0 Å². The molecule has 54 valence electrons. The molecule has 0 fully saturated rings. The molecule has 0 spiro atoms. The van der Waals surface area contributed by atoms with E-state index in [9.17, 15) is 0 Å². The monoisotopic (exact) mass is 137 g/mol. The first-order chi connectivity index (χ1) is 4.88. The molecule has 2 nitrogen and oxygen atoms in total. The average molecular weight is 137 g/mol. The zero-order valence-corrected chi connectivity index (χ0v) is 6.29. The largest absolute Gasteiger partial charge is 0.495 e. The topological polar surface area (TPSA) is 21.6 Å². The standard InChI is InChI=1S/C8H11NO/c1-9-7-5-3-4-6-8(7)10-2/h3-4,6H,5H2,1-2H3. The molecule has 0 amide bonds. The lowest BCUT2D eigenvalue weighted by molar-refractivity contribution is 0.313. The number of nitrogens with zero attached hydrogens (tertiary/aromatic N) is 1. The lowest BCUT2D eigenvalue weighted by Crippen LogP contribution is -2.05. The maximum atomic E-state index is 5.07. The molecule has 0 aliphatic heterocycles. The van der Waals surface area contributed by atoms with E-state index in [2.05, 4.69) is 11.1 Å². The summed E-state index contributed by atoms with van der Waals surface area (Å²) in [7, 11) is 3.44. The molecule has 0 aromatic heterocycles. The lowest BCUT2D eigenvalue weighted by atomic mass is 10.1. The van der Waals surface area contributed by atoms with E-state index >= 15 is 0 Å². The van der Waals surface area contributed by atoms with Gasteiger partial charge in [-0.3, -0.25) is 4.99 Å². The third-order valence-electron chi connectivity index (χ3n) is 1.47. The van der Waals surface area contributed by atoms with Gasteiger partial charge in [0.1, 0.15) is 5.76 Å². The first-order valence-corrected chi connectivity index (χ1v) is 3.25. The van der Waals surface area contributed by atoms with Gasteiger partial charge in [-0.1, -0.05) is 12.2 Å². The summed E-state index contributed by atoms with van der Waals surface area (Å²) < 4.78 is 5.07. The third-order valence-corrected chi connectivity index (χ3v) is 1.47. The molecule has 10 heavy (non-hydrogen) atoms. The molecule has 0 saturated heterocycles. The van der Waals surface area contributed by atoms with Crippen LogP contribution in [0, 0.1) is 0 Å². The van der Waals surface area contributed by atoms with Gasteiger partial charge in [0.25, 0.3) is 0 Å². The second kappa shape index (κ2) is 3.20. The van der Waals surface area contributed by atoms with E-state index in [4.69, 9.17) is 4.74 Å². The quantitative estimate of drug-likeness (QED) is 0.537. The Morgan fingerprint density at radius 3 is 2.90 bits per heavy atom. The van der Waals surface area contributed by atoms with E-state index in [1.165, 1.54) is 0 Å². The van der Waals surface area contributed by atoms with E-state index in [1.54, 1.807) is 14.2 Å². The normalized spacial score (nSPS) is 21.0. The van der Waals surface area contributed by atoms with Gasteiger partial charge < -0.3 is 4.74 Å². The second-order valence-corrected chi connectivity index (χ2v) is 2.04. The Morgan fingerprint density at radius 2 is 2.40 bits per heavy atom. The van der Waals surface area contributed by atoms with Gasteiger partial charge in [0.2, 0.25) is 0 Å². The molecular formula is C8H11NO. The number of ether oxygens (including phenoxy) is 1. The summed E-state index contributed by atoms with van der Waals surface area (Å²) in [6.07, 6.45) is 6.85. The highest BCUT2D eigenvalue weighted by atomic mass is 16.5. The first-order valence-electron chi connectivity index (χ1n) is 3.25. The van der Waals surface area contributed by atoms with Gasteiger partial charge in [-0.15, -0.1) is 0 Å². The molecule has 0 aromatic rings. The Balaban J connectivity index is 2.81. The minimum absolute atomic E-state index is 0.880. The van der Waals surface area contributed by atoms with Crippen LogP contribution in [0.2, 0.25) is 0 Å². The molecular weight excluding hydrogens is 126 g/mol. The fraction of sp³-hybridized carbons (Fsp3) is 0.375. The Bertz CT molecular complexity index is 201. The molecule has 0 saturated carbocycles. The van der Waals surface area contributed by atoms with Crippen LogP contribution in [0.3, 0.4) is 0 Å². The van der Waals surface area contributed by atoms with Gasteiger partial charge in [0.15, 0.2) is 0 Å². The molecule has 0 aromatic carbocycles. The van der Waals surface area contributed by atoms with E-state index in [1.807, 2.05) is 12.2 Å². The highest BCUT2D eigenvalue weighted by Gasteiger charge is 2.05. The number of rotatable bonds is 1. The fourth-order valence-corrected chi connectivity index (χ4v) is 0.919. The van der Waals surface area contributed by atoms with Crippen molar-refractivity contribution in [2.24, 2.45) is 4.99 Å². The molecule has 1 aliphatic rings. The van der Waals surface area contributed by atoms with Gasteiger partial charge in [-0.2, -0.15) is 0 Å². The van der Waals surface area contributed by atoms with E-state index in [-0.39, 0.29) is 0 Å². The second-order valence-electron chi connectivity index (χ2n) is 2.04. The highest BCUT2D eigenvalue weighted by molar-refractivity contribution is 6.00.